The number of hydrogen-bond donors (Lipinski definition) is 0. The largest absolute Gasteiger partial charge is 0.314 e. The SMILES string of the molecule is CCCn1c(CCl)nnc1CC1CCCCCC1. The van der Waals surface area contributed by atoms with Gasteiger partial charge in [-0.05, 0) is 12.3 Å². The molecule has 0 saturated heterocycles. The predicted molar refractivity (Wildman–Crippen MR) is 74.8 cm³/mol. The van der Waals surface area contributed by atoms with Gasteiger partial charge in [0.1, 0.15) is 11.6 Å². The Bertz CT molecular complexity index is 354. The number of hydrogen-bond acceptors (Lipinski definition) is 2. The summed E-state index contributed by atoms with van der Waals surface area (Å²) in [4.78, 5) is 0. The minimum Gasteiger partial charge on any atom is -0.314 e. The van der Waals surface area contributed by atoms with Crippen molar-refractivity contribution in [2.45, 2.75) is 70.7 Å². The monoisotopic (exact) mass is 269 g/mol. The summed E-state index contributed by atoms with van der Waals surface area (Å²) in [5.74, 6) is 3.36. The molecule has 3 nitrogen and oxygen atoms in total. The Morgan fingerprint density at radius 1 is 1.11 bits per heavy atom. The average Bonchev–Trinajstić information content (AvgIpc) is 2.60. The third kappa shape index (κ3) is 3.47. The van der Waals surface area contributed by atoms with Crippen LogP contribution in [0.4, 0.5) is 0 Å². The van der Waals surface area contributed by atoms with E-state index >= 15 is 0 Å². The quantitative estimate of drug-likeness (QED) is 0.599. The molecule has 0 aliphatic heterocycles. The molecule has 4 heteroatoms. The minimum absolute atomic E-state index is 0.470. The fourth-order valence-electron chi connectivity index (χ4n) is 2.93. The van der Waals surface area contributed by atoms with Crippen molar-refractivity contribution in [3.05, 3.63) is 11.6 Å². The Morgan fingerprint density at radius 3 is 2.39 bits per heavy atom. The van der Waals surface area contributed by atoms with Crippen LogP contribution in [0.2, 0.25) is 0 Å². The van der Waals surface area contributed by atoms with E-state index in [2.05, 4.69) is 21.7 Å². The van der Waals surface area contributed by atoms with Crippen LogP contribution in [-0.4, -0.2) is 14.8 Å². The highest BCUT2D eigenvalue weighted by Gasteiger charge is 2.17. The maximum Gasteiger partial charge on any atom is 0.147 e. The van der Waals surface area contributed by atoms with E-state index in [1.807, 2.05) is 0 Å². The first kappa shape index (κ1) is 13.9. The molecule has 0 unspecified atom stereocenters. The van der Waals surface area contributed by atoms with Crippen LogP contribution in [0.25, 0.3) is 0 Å². The van der Waals surface area contributed by atoms with E-state index in [0.29, 0.717) is 5.88 Å². The fourth-order valence-corrected chi connectivity index (χ4v) is 3.13. The van der Waals surface area contributed by atoms with Gasteiger partial charge in [0.15, 0.2) is 0 Å². The van der Waals surface area contributed by atoms with Gasteiger partial charge in [-0.15, -0.1) is 21.8 Å². The lowest BCUT2D eigenvalue weighted by molar-refractivity contribution is 0.436. The molecule has 18 heavy (non-hydrogen) atoms. The molecule has 0 radical (unpaired) electrons. The molecule has 1 heterocycles. The summed E-state index contributed by atoms with van der Waals surface area (Å²) in [7, 11) is 0. The van der Waals surface area contributed by atoms with Gasteiger partial charge in [0, 0.05) is 13.0 Å². The average molecular weight is 270 g/mol. The zero-order chi connectivity index (χ0) is 12.8. The number of halogens is 1. The van der Waals surface area contributed by atoms with Crippen molar-refractivity contribution in [3.63, 3.8) is 0 Å². The van der Waals surface area contributed by atoms with Crippen LogP contribution in [0.5, 0.6) is 0 Å². The van der Waals surface area contributed by atoms with Gasteiger partial charge in [0.25, 0.3) is 0 Å². The van der Waals surface area contributed by atoms with Crippen LogP contribution in [0, 0.1) is 5.92 Å². The molecule has 102 valence electrons. The van der Waals surface area contributed by atoms with Gasteiger partial charge in [-0.1, -0.05) is 45.4 Å². The van der Waals surface area contributed by atoms with Gasteiger partial charge in [-0.2, -0.15) is 0 Å². The van der Waals surface area contributed by atoms with E-state index in [1.165, 1.54) is 38.5 Å². The van der Waals surface area contributed by atoms with E-state index in [-0.39, 0.29) is 0 Å². The summed E-state index contributed by atoms with van der Waals surface area (Å²) in [6.07, 6.45) is 10.5. The highest BCUT2D eigenvalue weighted by Crippen LogP contribution is 2.25. The lowest BCUT2D eigenvalue weighted by atomic mass is 9.96. The van der Waals surface area contributed by atoms with Gasteiger partial charge in [-0.3, -0.25) is 0 Å². The summed E-state index contributed by atoms with van der Waals surface area (Å²) in [5.41, 5.74) is 0. The summed E-state index contributed by atoms with van der Waals surface area (Å²) in [6, 6.07) is 0. The molecule has 1 saturated carbocycles. The molecule has 1 aliphatic rings. The first-order chi connectivity index (χ1) is 8.85. The minimum atomic E-state index is 0.470. The standard InChI is InChI=1S/C14H24ClN3/c1-2-9-18-13(16-17-14(18)11-15)10-12-7-5-3-4-6-8-12/h12H,2-11H2,1H3. The van der Waals surface area contributed by atoms with E-state index < -0.39 is 0 Å². The van der Waals surface area contributed by atoms with Crippen molar-refractivity contribution in [2.75, 3.05) is 0 Å². The Balaban J connectivity index is 2.04. The molecule has 0 amide bonds. The summed E-state index contributed by atoms with van der Waals surface area (Å²) in [6.45, 7) is 3.19. The summed E-state index contributed by atoms with van der Waals surface area (Å²) in [5, 5.41) is 8.58. The molecule has 2 rings (SSSR count). The van der Waals surface area contributed by atoms with E-state index in [0.717, 1.165) is 37.0 Å². The fraction of sp³-hybridized carbons (Fsp3) is 0.857. The van der Waals surface area contributed by atoms with Crippen LogP contribution >= 0.6 is 11.6 Å². The maximum absolute atomic E-state index is 5.93. The van der Waals surface area contributed by atoms with E-state index in [1.54, 1.807) is 0 Å². The van der Waals surface area contributed by atoms with Crippen molar-refractivity contribution in [2.24, 2.45) is 5.92 Å². The van der Waals surface area contributed by atoms with Crippen molar-refractivity contribution in [1.82, 2.24) is 14.8 Å². The zero-order valence-corrected chi connectivity index (χ0v) is 12.1. The van der Waals surface area contributed by atoms with Crippen molar-refractivity contribution in [3.8, 4) is 0 Å². The van der Waals surface area contributed by atoms with E-state index in [9.17, 15) is 0 Å². The first-order valence-electron chi connectivity index (χ1n) is 7.32. The number of rotatable bonds is 5. The molecule has 1 aromatic heterocycles. The summed E-state index contributed by atoms with van der Waals surface area (Å²) < 4.78 is 2.23. The van der Waals surface area contributed by atoms with Crippen molar-refractivity contribution >= 4 is 11.6 Å². The molecule has 1 aliphatic carbocycles. The zero-order valence-electron chi connectivity index (χ0n) is 11.4. The second kappa shape index (κ2) is 7.13. The van der Waals surface area contributed by atoms with Crippen LogP contribution < -0.4 is 0 Å². The van der Waals surface area contributed by atoms with E-state index in [4.69, 9.17) is 11.6 Å². The molecule has 0 spiro atoms. The Hall–Kier alpha value is -0.570. The lowest BCUT2D eigenvalue weighted by Crippen LogP contribution is -2.12. The van der Waals surface area contributed by atoms with Gasteiger partial charge < -0.3 is 4.57 Å². The Labute approximate surface area is 115 Å². The maximum atomic E-state index is 5.93. The number of alkyl halides is 1. The first-order valence-corrected chi connectivity index (χ1v) is 7.85. The van der Waals surface area contributed by atoms with Gasteiger partial charge >= 0.3 is 0 Å². The Kier molecular flexibility index (Phi) is 5.48. The lowest BCUT2D eigenvalue weighted by Gasteiger charge is -2.14. The molecular weight excluding hydrogens is 246 g/mol. The van der Waals surface area contributed by atoms with Gasteiger partial charge in [-0.25, -0.2) is 0 Å². The summed E-state index contributed by atoms with van der Waals surface area (Å²) >= 11 is 5.93. The molecular formula is C14H24ClN3. The van der Waals surface area contributed by atoms with Crippen molar-refractivity contribution < 1.29 is 0 Å². The van der Waals surface area contributed by atoms with Gasteiger partial charge in [0.05, 0.1) is 5.88 Å². The van der Waals surface area contributed by atoms with Crippen LogP contribution in [0.1, 0.15) is 63.5 Å². The topological polar surface area (TPSA) is 30.7 Å². The number of aromatic nitrogens is 3. The molecule has 0 bridgehead atoms. The molecule has 1 aromatic rings. The molecule has 0 N–H and O–H groups in total. The third-order valence-corrected chi connectivity index (χ3v) is 4.16. The number of nitrogens with zero attached hydrogens (tertiary/aromatic N) is 3. The normalized spacial score (nSPS) is 17.9. The van der Waals surface area contributed by atoms with Crippen LogP contribution in [0.3, 0.4) is 0 Å². The van der Waals surface area contributed by atoms with Crippen LogP contribution in [0.15, 0.2) is 0 Å². The molecule has 0 aromatic carbocycles. The predicted octanol–water partition coefficient (Wildman–Crippen LogP) is 3.94. The second-order valence-electron chi connectivity index (χ2n) is 5.38. The second-order valence-corrected chi connectivity index (χ2v) is 5.65. The highest BCUT2D eigenvalue weighted by atomic mass is 35.5. The Morgan fingerprint density at radius 2 is 1.78 bits per heavy atom. The molecule has 1 fully saturated rings. The van der Waals surface area contributed by atoms with Gasteiger partial charge in [0.2, 0.25) is 0 Å². The van der Waals surface area contributed by atoms with Crippen molar-refractivity contribution in [1.29, 1.82) is 0 Å². The van der Waals surface area contributed by atoms with Crippen LogP contribution in [-0.2, 0) is 18.8 Å². The third-order valence-electron chi connectivity index (χ3n) is 3.92. The smallest absolute Gasteiger partial charge is 0.147 e. The highest BCUT2D eigenvalue weighted by molar-refractivity contribution is 6.16. The molecule has 0 atom stereocenters.